The standard InChI is InChI=1S/C19H32N2/c1-15(21-14-6-5-7-18(21)12-13-20)16-8-10-17(11-9-16)19(2,3)4/h8-11,15,18H,5-7,12-14,20H2,1-4H3. The quantitative estimate of drug-likeness (QED) is 0.897. The number of rotatable bonds is 4. The Bertz CT molecular complexity index is 428. The summed E-state index contributed by atoms with van der Waals surface area (Å²) >= 11 is 0. The van der Waals surface area contributed by atoms with E-state index in [1.54, 1.807) is 0 Å². The van der Waals surface area contributed by atoms with Crippen LogP contribution in [-0.2, 0) is 5.41 Å². The zero-order valence-electron chi connectivity index (χ0n) is 14.2. The van der Waals surface area contributed by atoms with Crippen molar-refractivity contribution in [3.05, 3.63) is 35.4 Å². The zero-order valence-corrected chi connectivity index (χ0v) is 14.2. The lowest BCUT2D eigenvalue weighted by atomic mass is 9.86. The third kappa shape index (κ3) is 4.08. The molecular weight excluding hydrogens is 256 g/mol. The molecule has 1 saturated heterocycles. The topological polar surface area (TPSA) is 29.3 Å². The summed E-state index contributed by atoms with van der Waals surface area (Å²) in [6, 6.07) is 10.4. The van der Waals surface area contributed by atoms with Gasteiger partial charge in [-0.15, -0.1) is 0 Å². The van der Waals surface area contributed by atoms with Crippen molar-refractivity contribution in [2.75, 3.05) is 13.1 Å². The first-order valence-corrected chi connectivity index (χ1v) is 8.49. The van der Waals surface area contributed by atoms with Gasteiger partial charge in [-0.3, -0.25) is 4.90 Å². The van der Waals surface area contributed by atoms with E-state index in [1.165, 1.54) is 36.9 Å². The highest BCUT2D eigenvalue weighted by Crippen LogP contribution is 2.31. The highest BCUT2D eigenvalue weighted by molar-refractivity contribution is 5.29. The fraction of sp³-hybridized carbons (Fsp3) is 0.684. The van der Waals surface area contributed by atoms with Crippen LogP contribution in [0.3, 0.4) is 0 Å². The lowest BCUT2D eigenvalue weighted by molar-refractivity contribution is 0.0984. The lowest BCUT2D eigenvalue weighted by Gasteiger charge is -2.40. The van der Waals surface area contributed by atoms with Crippen molar-refractivity contribution >= 4 is 0 Å². The lowest BCUT2D eigenvalue weighted by Crippen LogP contribution is -2.42. The minimum absolute atomic E-state index is 0.231. The van der Waals surface area contributed by atoms with Crippen LogP contribution < -0.4 is 5.73 Å². The van der Waals surface area contributed by atoms with E-state index in [0.717, 1.165) is 13.0 Å². The Balaban J connectivity index is 2.12. The molecule has 1 aromatic rings. The highest BCUT2D eigenvalue weighted by Gasteiger charge is 2.26. The number of nitrogens with two attached hydrogens (primary N) is 1. The Morgan fingerprint density at radius 2 is 1.86 bits per heavy atom. The van der Waals surface area contributed by atoms with Crippen LogP contribution in [-0.4, -0.2) is 24.0 Å². The molecule has 1 heterocycles. The molecule has 2 unspecified atom stereocenters. The molecule has 0 bridgehead atoms. The van der Waals surface area contributed by atoms with Gasteiger partial charge >= 0.3 is 0 Å². The van der Waals surface area contributed by atoms with E-state index in [4.69, 9.17) is 5.73 Å². The van der Waals surface area contributed by atoms with E-state index in [1.807, 2.05) is 0 Å². The van der Waals surface area contributed by atoms with E-state index >= 15 is 0 Å². The smallest absolute Gasteiger partial charge is 0.0322 e. The van der Waals surface area contributed by atoms with Gasteiger partial charge in [0.2, 0.25) is 0 Å². The second-order valence-corrected chi connectivity index (χ2v) is 7.51. The number of piperidine rings is 1. The predicted molar refractivity (Wildman–Crippen MR) is 91.6 cm³/mol. The second kappa shape index (κ2) is 6.93. The predicted octanol–water partition coefficient (Wildman–Crippen LogP) is 4.25. The first kappa shape index (κ1) is 16.5. The minimum atomic E-state index is 0.231. The maximum absolute atomic E-state index is 5.80. The molecule has 1 aliphatic rings. The van der Waals surface area contributed by atoms with Gasteiger partial charge in [0.15, 0.2) is 0 Å². The van der Waals surface area contributed by atoms with Crippen LogP contribution in [0.2, 0.25) is 0 Å². The SMILES string of the molecule is CC(c1ccc(C(C)(C)C)cc1)N1CCCCC1CCN. The van der Waals surface area contributed by atoms with Crippen LogP contribution >= 0.6 is 0 Å². The molecule has 2 atom stereocenters. The Hall–Kier alpha value is -0.860. The molecule has 1 aliphatic heterocycles. The van der Waals surface area contributed by atoms with Crippen molar-refractivity contribution in [3.8, 4) is 0 Å². The third-order valence-corrected chi connectivity index (χ3v) is 4.93. The van der Waals surface area contributed by atoms with Crippen LogP contribution in [0, 0.1) is 0 Å². The first-order chi connectivity index (χ1) is 9.93. The van der Waals surface area contributed by atoms with Crippen LogP contribution in [0.25, 0.3) is 0 Å². The molecule has 21 heavy (non-hydrogen) atoms. The Morgan fingerprint density at radius 3 is 2.43 bits per heavy atom. The fourth-order valence-electron chi connectivity index (χ4n) is 3.49. The largest absolute Gasteiger partial charge is 0.330 e. The summed E-state index contributed by atoms with van der Waals surface area (Å²) in [7, 11) is 0. The summed E-state index contributed by atoms with van der Waals surface area (Å²) in [5, 5.41) is 0. The zero-order chi connectivity index (χ0) is 15.5. The average molecular weight is 288 g/mol. The number of likely N-dealkylation sites (tertiary alicyclic amines) is 1. The van der Waals surface area contributed by atoms with Crippen LogP contribution in [0.5, 0.6) is 0 Å². The maximum atomic E-state index is 5.80. The van der Waals surface area contributed by atoms with E-state index in [0.29, 0.717) is 12.1 Å². The van der Waals surface area contributed by atoms with E-state index in [-0.39, 0.29) is 5.41 Å². The summed E-state index contributed by atoms with van der Waals surface area (Å²) in [6.07, 6.45) is 5.12. The summed E-state index contributed by atoms with van der Waals surface area (Å²) in [5.41, 5.74) is 8.88. The van der Waals surface area contributed by atoms with Crippen molar-refractivity contribution in [1.82, 2.24) is 4.90 Å². The van der Waals surface area contributed by atoms with Crippen molar-refractivity contribution in [3.63, 3.8) is 0 Å². The van der Waals surface area contributed by atoms with Gasteiger partial charge in [0.05, 0.1) is 0 Å². The summed E-state index contributed by atoms with van der Waals surface area (Å²) in [5.74, 6) is 0. The number of hydrogen-bond donors (Lipinski definition) is 1. The molecule has 2 nitrogen and oxygen atoms in total. The Kier molecular flexibility index (Phi) is 5.45. The van der Waals surface area contributed by atoms with E-state index < -0.39 is 0 Å². The van der Waals surface area contributed by atoms with Crippen molar-refractivity contribution in [2.24, 2.45) is 5.73 Å². The normalized spacial score (nSPS) is 22.2. The molecule has 2 rings (SSSR count). The fourth-order valence-corrected chi connectivity index (χ4v) is 3.49. The minimum Gasteiger partial charge on any atom is -0.330 e. The van der Waals surface area contributed by atoms with Crippen LogP contribution in [0.1, 0.15) is 70.5 Å². The van der Waals surface area contributed by atoms with Gasteiger partial charge < -0.3 is 5.73 Å². The highest BCUT2D eigenvalue weighted by atomic mass is 15.2. The molecule has 118 valence electrons. The Morgan fingerprint density at radius 1 is 1.19 bits per heavy atom. The first-order valence-electron chi connectivity index (χ1n) is 8.49. The number of nitrogens with zero attached hydrogens (tertiary/aromatic N) is 1. The molecular formula is C19H32N2. The van der Waals surface area contributed by atoms with Gasteiger partial charge in [0.25, 0.3) is 0 Å². The number of hydrogen-bond acceptors (Lipinski definition) is 2. The van der Waals surface area contributed by atoms with Gasteiger partial charge in [0, 0.05) is 12.1 Å². The maximum Gasteiger partial charge on any atom is 0.0322 e. The number of benzene rings is 1. The van der Waals surface area contributed by atoms with Gasteiger partial charge in [-0.05, 0) is 55.8 Å². The molecule has 1 fully saturated rings. The average Bonchev–Trinajstić information content (AvgIpc) is 2.47. The molecule has 0 aliphatic carbocycles. The molecule has 0 radical (unpaired) electrons. The van der Waals surface area contributed by atoms with Crippen molar-refractivity contribution in [1.29, 1.82) is 0 Å². The Labute approximate surface area is 130 Å². The summed E-state index contributed by atoms with van der Waals surface area (Å²) < 4.78 is 0. The van der Waals surface area contributed by atoms with Gasteiger partial charge in [-0.25, -0.2) is 0 Å². The van der Waals surface area contributed by atoms with E-state index in [2.05, 4.69) is 56.9 Å². The molecule has 2 N–H and O–H groups in total. The van der Waals surface area contributed by atoms with Gasteiger partial charge in [-0.1, -0.05) is 51.5 Å². The van der Waals surface area contributed by atoms with Crippen molar-refractivity contribution < 1.29 is 0 Å². The molecule has 0 saturated carbocycles. The molecule has 1 aromatic carbocycles. The monoisotopic (exact) mass is 288 g/mol. The second-order valence-electron chi connectivity index (χ2n) is 7.51. The van der Waals surface area contributed by atoms with E-state index in [9.17, 15) is 0 Å². The van der Waals surface area contributed by atoms with Crippen LogP contribution in [0.15, 0.2) is 24.3 Å². The van der Waals surface area contributed by atoms with Gasteiger partial charge in [-0.2, -0.15) is 0 Å². The van der Waals surface area contributed by atoms with Crippen molar-refractivity contribution in [2.45, 2.75) is 70.9 Å². The van der Waals surface area contributed by atoms with Gasteiger partial charge in [0.1, 0.15) is 0 Å². The molecule has 0 amide bonds. The van der Waals surface area contributed by atoms with Crippen LogP contribution in [0.4, 0.5) is 0 Å². The molecule has 0 spiro atoms. The third-order valence-electron chi connectivity index (χ3n) is 4.93. The molecule has 2 heteroatoms. The summed E-state index contributed by atoms with van der Waals surface area (Å²) in [4.78, 5) is 2.67. The summed E-state index contributed by atoms with van der Waals surface area (Å²) in [6.45, 7) is 11.2. The molecule has 0 aromatic heterocycles.